The second-order valence-corrected chi connectivity index (χ2v) is 6.21. The van der Waals surface area contributed by atoms with E-state index in [4.69, 9.17) is 23.2 Å². The van der Waals surface area contributed by atoms with E-state index in [0.29, 0.717) is 22.3 Å². The van der Waals surface area contributed by atoms with Crippen molar-refractivity contribution in [3.05, 3.63) is 28.2 Å². The highest BCUT2D eigenvalue weighted by atomic mass is 35.5. The summed E-state index contributed by atoms with van der Waals surface area (Å²) >= 11 is 11.8. The Bertz CT molecular complexity index is 566. The number of likely N-dealkylation sites (N-methyl/N-ethyl adjacent to an activating group) is 1. The van der Waals surface area contributed by atoms with Crippen LogP contribution in [-0.2, 0) is 9.59 Å². The van der Waals surface area contributed by atoms with Gasteiger partial charge in [0.15, 0.2) is 0 Å². The van der Waals surface area contributed by atoms with Crippen molar-refractivity contribution in [2.45, 2.75) is 25.3 Å². The van der Waals surface area contributed by atoms with Gasteiger partial charge >= 0.3 is 0 Å². The first kappa shape index (κ1) is 17.1. The van der Waals surface area contributed by atoms with Crippen LogP contribution >= 0.6 is 23.2 Å². The summed E-state index contributed by atoms with van der Waals surface area (Å²) in [5, 5.41) is 6.44. The highest BCUT2D eigenvalue weighted by Crippen LogP contribution is 2.25. The average Bonchev–Trinajstić information content (AvgIpc) is 2.67. The maximum atomic E-state index is 12.1. The summed E-state index contributed by atoms with van der Waals surface area (Å²) in [4.78, 5) is 25.8. The molecule has 1 aliphatic heterocycles. The fraction of sp³-hybridized carbons (Fsp3) is 0.467. The summed E-state index contributed by atoms with van der Waals surface area (Å²) < 4.78 is 0. The summed E-state index contributed by atoms with van der Waals surface area (Å²) in [6.45, 7) is 0.844. The number of carbonyl (C=O) groups is 2. The topological polar surface area (TPSA) is 61.4 Å². The fourth-order valence-corrected chi connectivity index (χ4v) is 2.75. The second kappa shape index (κ2) is 7.81. The van der Waals surface area contributed by atoms with Crippen LogP contribution in [0.25, 0.3) is 0 Å². The molecule has 1 unspecified atom stereocenters. The molecule has 1 saturated heterocycles. The molecule has 22 heavy (non-hydrogen) atoms. The molecule has 2 amide bonds. The number of hydrogen-bond acceptors (Lipinski definition) is 3. The van der Waals surface area contributed by atoms with Crippen molar-refractivity contribution in [2.75, 3.05) is 25.5 Å². The smallest absolute Gasteiger partial charge is 0.238 e. The van der Waals surface area contributed by atoms with Gasteiger partial charge in [-0.15, -0.1) is 0 Å². The second-order valence-electron chi connectivity index (χ2n) is 5.39. The Balaban J connectivity index is 1.92. The molecule has 0 radical (unpaired) electrons. The third-order valence-corrected chi connectivity index (χ3v) is 4.37. The van der Waals surface area contributed by atoms with Gasteiger partial charge in [0.05, 0.1) is 22.6 Å². The summed E-state index contributed by atoms with van der Waals surface area (Å²) in [5.41, 5.74) is 0.582. The first-order chi connectivity index (χ1) is 10.5. The minimum Gasteiger partial charge on any atom is -0.355 e. The maximum absolute atomic E-state index is 12.1. The molecule has 1 fully saturated rings. The van der Waals surface area contributed by atoms with Crippen LogP contribution in [0.2, 0.25) is 10.0 Å². The van der Waals surface area contributed by atoms with Gasteiger partial charge in [0.1, 0.15) is 0 Å². The molecular weight excluding hydrogens is 325 g/mol. The normalized spacial score (nSPS) is 18.7. The van der Waals surface area contributed by atoms with Crippen molar-refractivity contribution < 1.29 is 9.59 Å². The third-order valence-electron chi connectivity index (χ3n) is 3.63. The highest BCUT2D eigenvalue weighted by Gasteiger charge is 2.25. The number of amides is 2. The van der Waals surface area contributed by atoms with E-state index < -0.39 is 0 Å². The number of rotatable bonds is 4. The minimum atomic E-state index is -0.262. The Morgan fingerprint density at radius 2 is 2.14 bits per heavy atom. The van der Waals surface area contributed by atoms with Gasteiger partial charge in [-0.25, -0.2) is 0 Å². The maximum Gasteiger partial charge on any atom is 0.238 e. The lowest BCUT2D eigenvalue weighted by Gasteiger charge is -2.24. The predicted molar refractivity (Wildman–Crippen MR) is 88.4 cm³/mol. The van der Waals surface area contributed by atoms with E-state index in [0.717, 1.165) is 19.3 Å². The zero-order valence-corrected chi connectivity index (χ0v) is 13.9. The molecule has 0 saturated carbocycles. The van der Waals surface area contributed by atoms with Crippen LogP contribution in [0.3, 0.4) is 0 Å². The van der Waals surface area contributed by atoms with Crippen LogP contribution in [0.5, 0.6) is 0 Å². The standard InChI is InChI=1S/C15H19Cl2N3O2/c1-20(13-4-2-3-7-18-15(13)22)9-14(21)19-10-5-6-11(16)12(17)8-10/h5-6,8,13H,2-4,7,9H2,1H3,(H,18,22)(H,19,21). The molecule has 0 spiro atoms. The van der Waals surface area contributed by atoms with Gasteiger partial charge in [-0.1, -0.05) is 23.2 Å². The van der Waals surface area contributed by atoms with Crippen molar-refractivity contribution in [3.63, 3.8) is 0 Å². The van der Waals surface area contributed by atoms with E-state index in [1.165, 1.54) is 0 Å². The van der Waals surface area contributed by atoms with E-state index in [9.17, 15) is 9.59 Å². The van der Waals surface area contributed by atoms with Crippen molar-refractivity contribution in [2.24, 2.45) is 0 Å². The van der Waals surface area contributed by atoms with Gasteiger partial charge in [0.2, 0.25) is 11.8 Å². The number of nitrogens with one attached hydrogen (secondary N) is 2. The van der Waals surface area contributed by atoms with Gasteiger partial charge in [-0.05, 0) is 44.5 Å². The van der Waals surface area contributed by atoms with Crippen LogP contribution in [0, 0.1) is 0 Å². The average molecular weight is 344 g/mol. The van der Waals surface area contributed by atoms with Crippen molar-refractivity contribution in [1.29, 1.82) is 0 Å². The van der Waals surface area contributed by atoms with E-state index >= 15 is 0 Å². The molecule has 0 aromatic heterocycles. The first-order valence-corrected chi connectivity index (χ1v) is 7.96. The fourth-order valence-electron chi connectivity index (χ4n) is 2.45. The Morgan fingerprint density at radius 3 is 2.86 bits per heavy atom. The molecule has 1 aromatic rings. The highest BCUT2D eigenvalue weighted by molar-refractivity contribution is 6.42. The quantitative estimate of drug-likeness (QED) is 0.882. The van der Waals surface area contributed by atoms with Gasteiger partial charge < -0.3 is 10.6 Å². The molecule has 1 aromatic carbocycles. The number of benzene rings is 1. The molecule has 0 bridgehead atoms. The van der Waals surface area contributed by atoms with Crippen molar-refractivity contribution in [1.82, 2.24) is 10.2 Å². The van der Waals surface area contributed by atoms with Crippen molar-refractivity contribution in [3.8, 4) is 0 Å². The first-order valence-electron chi connectivity index (χ1n) is 7.20. The summed E-state index contributed by atoms with van der Waals surface area (Å²) in [6.07, 6.45) is 2.72. The number of hydrogen-bond donors (Lipinski definition) is 2. The lowest BCUT2D eigenvalue weighted by Crippen LogP contribution is -2.46. The SMILES string of the molecule is CN(CC(=O)Nc1ccc(Cl)c(Cl)c1)C1CCCCNC1=O. The van der Waals surface area contributed by atoms with Crippen LogP contribution in [-0.4, -0.2) is 42.9 Å². The molecule has 1 aliphatic rings. The van der Waals surface area contributed by atoms with Gasteiger partial charge in [0, 0.05) is 12.2 Å². The van der Waals surface area contributed by atoms with Crippen LogP contribution in [0.1, 0.15) is 19.3 Å². The Hall–Kier alpha value is -1.30. The molecular formula is C15H19Cl2N3O2. The zero-order valence-electron chi connectivity index (χ0n) is 12.4. The van der Waals surface area contributed by atoms with Gasteiger partial charge in [-0.2, -0.15) is 0 Å². The van der Waals surface area contributed by atoms with Gasteiger partial charge in [-0.3, -0.25) is 14.5 Å². The van der Waals surface area contributed by atoms with Gasteiger partial charge in [0.25, 0.3) is 0 Å². The number of anilines is 1. The molecule has 1 atom stereocenters. The molecule has 1 heterocycles. The Kier molecular flexibility index (Phi) is 6.06. The van der Waals surface area contributed by atoms with E-state index in [1.54, 1.807) is 30.1 Å². The molecule has 2 rings (SSSR count). The summed E-state index contributed by atoms with van der Waals surface area (Å²) in [6, 6.07) is 4.65. The van der Waals surface area contributed by atoms with E-state index in [-0.39, 0.29) is 24.4 Å². The molecule has 2 N–H and O–H groups in total. The summed E-state index contributed by atoms with van der Waals surface area (Å²) in [7, 11) is 1.78. The molecule has 5 nitrogen and oxygen atoms in total. The van der Waals surface area contributed by atoms with E-state index in [2.05, 4.69) is 10.6 Å². The lowest BCUT2D eigenvalue weighted by atomic mass is 10.1. The molecule has 120 valence electrons. The monoisotopic (exact) mass is 343 g/mol. The van der Waals surface area contributed by atoms with Crippen LogP contribution in [0.15, 0.2) is 18.2 Å². The van der Waals surface area contributed by atoms with Crippen LogP contribution in [0.4, 0.5) is 5.69 Å². The van der Waals surface area contributed by atoms with E-state index in [1.807, 2.05) is 0 Å². The number of carbonyl (C=O) groups excluding carboxylic acids is 2. The predicted octanol–water partition coefficient (Wildman–Crippen LogP) is 2.53. The molecule has 7 heteroatoms. The number of halogens is 2. The lowest BCUT2D eigenvalue weighted by molar-refractivity contribution is -0.126. The van der Waals surface area contributed by atoms with Crippen molar-refractivity contribution >= 4 is 40.7 Å². The van der Waals surface area contributed by atoms with Crippen LogP contribution < -0.4 is 10.6 Å². The molecule has 0 aliphatic carbocycles. The third kappa shape index (κ3) is 4.60. The zero-order chi connectivity index (χ0) is 16.1. The summed E-state index contributed by atoms with van der Waals surface area (Å²) in [5.74, 6) is -0.208. The Labute approximate surface area is 139 Å². The Morgan fingerprint density at radius 1 is 1.36 bits per heavy atom. The minimum absolute atomic E-state index is 0.0117. The largest absolute Gasteiger partial charge is 0.355 e. The number of nitrogens with zero attached hydrogens (tertiary/aromatic N) is 1.